The van der Waals surface area contributed by atoms with Crippen LogP contribution in [0.1, 0.15) is 30.4 Å². The monoisotopic (exact) mass is 308 g/mol. The van der Waals surface area contributed by atoms with E-state index in [0.29, 0.717) is 17.2 Å². The van der Waals surface area contributed by atoms with E-state index < -0.39 is 10.0 Å². The summed E-state index contributed by atoms with van der Waals surface area (Å²) in [7, 11) is -3.67. The molecule has 6 heteroatoms. The second-order valence-corrected chi connectivity index (χ2v) is 6.50. The topological polar surface area (TPSA) is 85.3 Å². The number of sulfonamides is 1. The number of hydrogen-bond donors (Lipinski definition) is 2. The van der Waals surface area contributed by atoms with Gasteiger partial charge in [0.1, 0.15) is 16.4 Å². The number of para-hydroxylation sites is 1. The number of anilines is 1. The zero-order valence-electron chi connectivity index (χ0n) is 12.2. The molecule has 0 spiro atoms. The van der Waals surface area contributed by atoms with Crippen molar-refractivity contribution in [3.05, 3.63) is 47.4 Å². The second-order valence-electron chi connectivity index (χ2n) is 4.85. The Balaban J connectivity index is 2.35. The molecule has 0 aliphatic heterocycles. The minimum absolute atomic E-state index is 0.134. The Morgan fingerprint density at radius 2 is 2.00 bits per heavy atom. The highest BCUT2D eigenvalue weighted by atomic mass is 32.2. The normalized spacial score (nSPS) is 11.6. The highest BCUT2D eigenvalue weighted by Gasteiger charge is 2.22. The van der Waals surface area contributed by atoms with Crippen LogP contribution in [0, 0.1) is 6.92 Å². The van der Waals surface area contributed by atoms with Gasteiger partial charge in [0.05, 0.1) is 12.2 Å². The molecule has 0 radical (unpaired) electrons. The van der Waals surface area contributed by atoms with Gasteiger partial charge in [0.25, 0.3) is 10.0 Å². The Kier molecular flexibility index (Phi) is 4.69. The van der Waals surface area contributed by atoms with Gasteiger partial charge >= 0.3 is 0 Å². The van der Waals surface area contributed by atoms with Crippen LogP contribution in [0.2, 0.25) is 0 Å². The summed E-state index contributed by atoms with van der Waals surface area (Å²) >= 11 is 0. The number of nitrogens with one attached hydrogen (secondary N) is 1. The van der Waals surface area contributed by atoms with E-state index in [1.54, 1.807) is 13.0 Å². The van der Waals surface area contributed by atoms with Gasteiger partial charge in [0, 0.05) is 6.07 Å². The van der Waals surface area contributed by atoms with Crippen LogP contribution in [0.3, 0.4) is 0 Å². The van der Waals surface area contributed by atoms with Gasteiger partial charge in [-0.25, -0.2) is 8.42 Å². The Hall–Kier alpha value is -1.79. The van der Waals surface area contributed by atoms with Gasteiger partial charge in [-0.2, -0.15) is 0 Å². The third kappa shape index (κ3) is 3.46. The van der Waals surface area contributed by atoms with Crippen LogP contribution in [0.15, 0.2) is 39.6 Å². The van der Waals surface area contributed by atoms with Crippen molar-refractivity contribution in [2.24, 2.45) is 5.73 Å². The first kappa shape index (κ1) is 15.6. The quantitative estimate of drug-likeness (QED) is 0.859. The average Bonchev–Trinajstić information content (AvgIpc) is 2.83. The molecule has 1 aromatic heterocycles. The van der Waals surface area contributed by atoms with E-state index >= 15 is 0 Å². The molecular formula is C15H20N2O3S. The first-order valence-electron chi connectivity index (χ1n) is 6.88. The van der Waals surface area contributed by atoms with Gasteiger partial charge in [0.15, 0.2) is 0 Å². The van der Waals surface area contributed by atoms with Crippen LogP contribution in [0.5, 0.6) is 0 Å². The van der Waals surface area contributed by atoms with E-state index in [2.05, 4.69) is 11.6 Å². The fraction of sp³-hybridized carbons (Fsp3) is 0.333. The van der Waals surface area contributed by atoms with E-state index in [9.17, 15) is 8.42 Å². The number of aryl methyl sites for hydroxylation is 2. The fourth-order valence-corrected chi connectivity index (χ4v) is 3.50. The van der Waals surface area contributed by atoms with Gasteiger partial charge in [-0.15, -0.1) is 0 Å². The zero-order chi connectivity index (χ0) is 15.5. The standard InChI is InChI=1S/C15H20N2O3S/c1-3-6-12-7-4-5-8-14(12)17-21(18,19)15-9-13(10-16)20-11(15)2/h4-5,7-9,17H,3,6,10,16H2,1-2H3. The van der Waals surface area contributed by atoms with Crippen molar-refractivity contribution in [2.75, 3.05) is 4.72 Å². The lowest BCUT2D eigenvalue weighted by Gasteiger charge is -2.11. The highest BCUT2D eigenvalue weighted by Crippen LogP contribution is 2.25. The molecule has 1 heterocycles. The zero-order valence-corrected chi connectivity index (χ0v) is 13.0. The van der Waals surface area contributed by atoms with Gasteiger partial charge in [0.2, 0.25) is 0 Å². The predicted molar refractivity (Wildman–Crippen MR) is 82.6 cm³/mol. The summed E-state index contributed by atoms with van der Waals surface area (Å²) in [6.07, 6.45) is 1.76. The Labute approximate surface area is 125 Å². The van der Waals surface area contributed by atoms with E-state index in [0.717, 1.165) is 18.4 Å². The maximum absolute atomic E-state index is 12.5. The van der Waals surface area contributed by atoms with E-state index in [1.165, 1.54) is 6.07 Å². The molecule has 1 aromatic carbocycles. The molecule has 3 N–H and O–H groups in total. The van der Waals surface area contributed by atoms with Gasteiger partial charge in [-0.05, 0) is 25.0 Å². The molecule has 0 saturated heterocycles. The minimum atomic E-state index is -3.67. The maximum atomic E-state index is 12.5. The molecule has 0 bridgehead atoms. The Bertz CT molecular complexity index is 720. The molecule has 0 unspecified atom stereocenters. The molecule has 2 rings (SSSR count). The minimum Gasteiger partial charge on any atom is -0.464 e. The van der Waals surface area contributed by atoms with Crippen LogP contribution >= 0.6 is 0 Å². The summed E-state index contributed by atoms with van der Waals surface area (Å²) in [6.45, 7) is 3.84. The molecular weight excluding hydrogens is 288 g/mol. The lowest BCUT2D eigenvalue weighted by molar-refractivity contribution is 0.479. The number of furan rings is 1. The van der Waals surface area contributed by atoms with Crippen molar-refractivity contribution < 1.29 is 12.8 Å². The molecule has 0 aliphatic rings. The van der Waals surface area contributed by atoms with Crippen LogP contribution in [-0.2, 0) is 23.0 Å². The van der Waals surface area contributed by atoms with Gasteiger partial charge in [-0.1, -0.05) is 31.5 Å². The largest absolute Gasteiger partial charge is 0.464 e. The van der Waals surface area contributed by atoms with Crippen molar-refractivity contribution in [1.29, 1.82) is 0 Å². The molecule has 0 aliphatic carbocycles. The smallest absolute Gasteiger partial charge is 0.265 e. The lowest BCUT2D eigenvalue weighted by atomic mass is 10.1. The van der Waals surface area contributed by atoms with Crippen LogP contribution in [-0.4, -0.2) is 8.42 Å². The van der Waals surface area contributed by atoms with Crippen molar-refractivity contribution in [3.8, 4) is 0 Å². The average molecular weight is 308 g/mol. The summed E-state index contributed by atoms with van der Waals surface area (Å²) in [5, 5.41) is 0. The molecule has 21 heavy (non-hydrogen) atoms. The summed E-state index contributed by atoms with van der Waals surface area (Å²) in [5.41, 5.74) is 7.06. The van der Waals surface area contributed by atoms with Gasteiger partial charge < -0.3 is 10.2 Å². The lowest BCUT2D eigenvalue weighted by Crippen LogP contribution is -2.14. The summed E-state index contributed by atoms with van der Waals surface area (Å²) in [4.78, 5) is 0.134. The third-order valence-corrected chi connectivity index (χ3v) is 4.67. The van der Waals surface area contributed by atoms with Crippen LogP contribution < -0.4 is 10.5 Å². The predicted octanol–water partition coefficient (Wildman–Crippen LogP) is 2.80. The first-order valence-corrected chi connectivity index (χ1v) is 8.36. The van der Waals surface area contributed by atoms with Crippen molar-refractivity contribution in [3.63, 3.8) is 0 Å². The SMILES string of the molecule is CCCc1ccccc1NS(=O)(=O)c1cc(CN)oc1C. The van der Waals surface area contributed by atoms with Crippen LogP contribution in [0.4, 0.5) is 5.69 Å². The van der Waals surface area contributed by atoms with Crippen molar-refractivity contribution in [2.45, 2.75) is 38.1 Å². The second kappa shape index (κ2) is 6.32. The fourth-order valence-electron chi connectivity index (χ4n) is 2.20. The number of hydrogen-bond acceptors (Lipinski definition) is 4. The highest BCUT2D eigenvalue weighted by molar-refractivity contribution is 7.92. The third-order valence-electron chi connectivity index (χ3n) is 3.19. The maximum Gasteiger partial charge on any atom is 0.265 e. The summed E-state index contributed by atoms with van der Waals surface area (Å²) < 4.78 is 33.0. The molecule has 0 amide bonds. The van der Waals surface area contributed by atoms with Crippen LogP contribution in [0.25, 0.3) is 0 Å². The van der Waals surface area contributed by atoms with Gasteiger partial charge in [-0.3, -0.25) is 4.72 Å². The van der Waals surface area contributed by atoms with E-state index in [-0.39, 0.29) is 11.4 Å². The molecule has 0 saturated carbocycles. The summed E-state index contributed by atoms with van der Waals surface area (Å²) in [5.74, 6) is 0.797. The molecule has 2 aromatic rings. The number of rotatable bonds is 6. The van der Waals surface area contributed by atoms with Crippen molar-refractivity contribution >= 4 is 15.7 Å². The van der Waals surface area contributed by atoms with Crippen molar-refractivity contribution in [1.82, 2.24) is 0 Å². The molecule has 0 atom stereocenters. The first-order chi connectivity index (χ1) is 9.97. The van der Waals surface area contributed by atoms with E-state index in [4.69, 9.17) is 10.2 Å². The molecule has 114 valence electrons. The Morgan fingerprint density at radius 1 is 1.29 bits per heavy atom. The number of benzene rings is 1. The Morgan fingerprint density at radius 3 is 2.62 bits per heavy atom. The summed E-state index contributed by atoms with van der Waals surface area (Å²) in [6, 6.07) is 8.87. The number of nitrogens with two attached hydrogens (primary N) is 1. The molecule has 5 nitrogen and oxygen atoms in total. The molecule has 0 fully saturated rings. The van der Waals surface area contributed by atoms with E-state index in [1.807, 2.05) is 18.2 Å².